The van der Waals surface area contributed by atoms with E-state index in [2.05, 4.69) is 9.97 Å². The number of hydrogen-bond donors (Lipinski definition) is 0. The predicted octanol–water partition coefficient (Wildman–Crippen LogP) is 1.85. The van der Waals surface area contributed by atoms with Crippen LogP contribution in [0.15, 0.2) is 23.3 Å². The number of rotatable bonds is 3. The molecule has 18 heavy (non-hydrogen) atoms. The highest BCUT2D eigenvalue weighted by Gasteiger charge is 2.13. The maximum absolute atomic E-state index is 12.6. The van der Waals surface area contributed by atoms with Crippen LogP contribution >= 0.6 is 11.6 Å². The topological polar surface area (TPSA) is 52.7 Å². The van der Waals surface area contributed by atoms with Gasteiger partial charge in [0.1, 0.15) is 16.8 Å². The third-order valence-corrected chi connectivity index (χ3v) is 2.62. The van der Waals surface area contributed by atoms with Crippen molar-refractivity contribution in [3.8, 4) is 0 Å². The number of nitrogens with zero attached hydrogens (tertiary/aromatic N) is 4. The summed E-state index contributed by atoms with van der Waals surface area (Å²) in [5.41, 5.74) is -0.406. The minimum atomic E-state index is -2.70. The number of imidazole rings is 1. The van der Waals surface area contributed by atoms with Crippen molar-refractivity contribution >= 4 is 11.6 Å². The minimum absolute atomic E-state index is 0.0750. The fourth-order valence-corrected chi connectivity index (χ4v) is 1.78. The van der Waals surface area contributed by atoms with Crippen LogP contribution in [-0.2, 0) is 6.54 Å². The molecule has 96 valence electrons. The summed E-state index contributed by atoms with van der Waals surface area (Å²) in [5, 5.41) is 0.0750. The lowest BCUT2D eigenvalue weighted by molar-refractivity contribution is 0.0666. The first kappa shape index (κ1) is 12.7. The molecule has 0 atom stereocenters. The quantitative estimate of drug-likeness (QED) is 0.803. The molecule has 2 rings (SSSR count). The van der Waals surface area contributed by atoms with Crippen LogP contribution in [0, 0.1) is 6.92 Å². The number of aryl methyl sites for hydroxylation is 1. The monoisotopic (exact) mass is 274 g/mol. The van der Waals surface area contributed by atoms with Crippen molar-refractivity contribution < 1.29 is 8.78 Å². The van der Waals surface area contributed by atoms with Gasteiger partial charge in [-0.3, -0.25) is 13.9 Å². The first-order chi connectivity index (χ1) is 8.49. The van der Waals surface area contributed by atoms with Gasteiger partial charge in [0, 0.05) is 18.5 Å². The van der Waals surface area contributed by atoms with E-state index in [4.69, 9.17) is 11.6 Å². The Kier molecular flexibility index (Phi) is 3.42. The van der Waals surface area contributed by atoms with Gasteiger partial charge < -0.3 is 0 Å². The Hall–Kier alpha value is -1.76. The number of aromatic nitrogens is 4. The fourth-order valence-electron chi connectivity index (χ4n) is 1.56. The van der Waals surface area contributed by atoms with Gasteiger partial charge in [0.2, 0.25) is 0 Å². The molecular formula is C10H9ClF2N4O. The standard InChI is InChI=1S/C10H9ClF2N4O/c1-6-15-7(11)4-9(18)17(6)5-8-14-2-3-16(8)10(12)13/h2-4,10H,5H2,1H3. The summed E-state index contributed by atoms with van der Waals surface area (Å²) >= 11 is 5.62. The second kappa shape index (κ2) is 4.85. The van der Waals surface area contributed by atoms with Crippen molar-refractivity contribution in [2.75, 3.05) is 0 Å². The normalized spacial score (nSPS) is 11.2. The van der Waals surface area contributed by atoms with Gasteiger partial charge in [0.05, 0.1) is 6.54 Å². The van der Waals surface area contributed by atoms with Crippen LogP contribution in [0.1, 0.15) is 18.2 Å². The van der Waals surface area contributed by atoms with Gasteiger partial charge in [0.15, 0.2) is 0 Å². The molecule has 2 heterocycles. The SMILES string of the molecule is Cc1nc(Cl)cc(=O)n1Cc1nccn1C(F)F. The highest BCUT2D eigenvalue weighted by molar-refractivity contribution is 6.29. The highest BCUT2D eigenvalue weighted by Crippen LogP contribution is 2.13. The summed E-state index contributed by atoms with van der Waals surface area (Å²) in [7, 11) is 0. The van der Waals surface area contributed by atoms with E-state index in [9.17, 15) is 13.6 Å². The molecule has 0 N–H and O–H groups in total. The zero-order chi connectivity index (χ0) is 13.3. The van der Waals surface area contributed by atoms with Crippen LogP contribution in [0.2, 0.25) is 5.15 Å². The van der Waals surface area contributed by atoms with Crippen molar-refractivity contribution in [3.05, 3.63) is 45.6 Å². The maximum Gasteiger partial charge on any atom is 0.319 e. The van der Waals surface area contributed by atoms with Gasteiger partial charge in [-0.25, -0.2) is 9.97 Å². The lowest BCUT2D eigenvalue weighted by atomic mass is 10.5. The summed E-state index contributed by atoms with van der Waals surface area (Å²) in [4.78, 5) is 19.4. The van der Waals surface area contributed by atoms with E-state index in [0.29, 0.717) is 10.4 Å². The minimum Gasteiger partial charge on any atom is -0.289 e. The van der Waals surface area contributed by atoms with Crippen LogP contribution in [-0.4, -0.2) is 19.1 Å². The Morgan fingerprint density at radius 2 is 2.22 bits per heavy atom. The average Bonchev–Trinajstić information content (AvgIpc) is 2.71. The molecule has 0 aliphatic carbocycles. The molecule has 0 saturated carbocycles. The molecule has 0 spiro atoms. The Labute approximate surface area is 106 Å². The van der Waals surface area contributed by atoms with Crippen LogP contribution in [0.4, 0.5) is 8.78 Å². The molecular weight excluding hydrogens is 266 g/mol. The maximum atomic E-state index is 12.6. The highest BCUT2D eigenvalue weighted by atomic mass is 35.5. The molecule has 0 aromatic carbocycles. The molecule has 8 heteroatoms. The molecule has 0 bridgehead atoms. The molecule has 0 unspecified atom stereocenters. The van der Waals surface area contributed by atoms with E-state index in [0.717, 1.165) is 12.3 Å². The van der Waals surface area contributed by atoms with E-state index in [1.54, 1.807) is 6.92 Å². The molecule has 0 radical (unpaired) electrons. The zero-order valence-corrected chi connectivity index (χ0v) is 10.1. The molecule has 0 amide bonds. The van der Waals surface area contributed by atoms with Gasteiger partial charge in [-0.1, -0.05) is 11.6 Å². The summed E-state index contributed by atoms with van der Waals surface area (Å²) in [6.07, 6.45) is 2.41. The Morgan fingerprint density at radius 1 is 1.50 bits per heavy atom. The summed E-state index contributed by atoms with van der Waals surface area (Å²) in [5.74, 6) is 0.427. The van der Waals surface area contributed by atoms with Gasteiger partial charge in [0.25, 0.3) is 5.56 Å². The summed E-state index contributed by atoms with van der Waals surface area (Å²) in [6.45, 7) is -1.20. The third-order valence-electron chi connectivity index (χ3n) is 2.43. The number of halogens is 3. The van der Waals surface area contributed by atoms with E-state index in [-0.39, 0.29) is 17.5 Å². The Morgan fingerprint density at radius 3 is 2.83 bits per heavy atom. The van der Waals surface area contributed by atoms with Gasteiger partial charge in [-0.15, -0.1) is 0 Å². The smallest absolute Gasteiger partial charge is 0.289 e. The zero-order valence-electron chi connectivity index (χ0n) is 9.35. The van der Waals surface area contributed by atoms with Crippen molar-refractivity contribution in [3.63, 3.8) is 0 Å². The fraction of sp³-hybridized carbons (Fsp3) is 0.300. The van der Waals surface area contributed by atoms with E-state index in [1.807, 2.05) is 0 Å². The number of hydrogen-bond acceptors (Lipinski definition) is 3. The van der Waals surface area contributed by atoms with Crippen molar-refractivity contribution in [2.45, 2.75) is 20.0 Å². The van der Waals surface area contributed by atoms with Crippen molar-refractivity contribution in [2.24, 2.45) is 0 Å². The lowest BCUT2D eigenvalue weighted by Gasteiger charge is -2.10. The first-order valence-corrected chi connectivity index (χ1v) is 5.40. The van der Waals surface area contributed by atoms with Crippen molar-refractivity contribution in [1.82, 2.24) is 19.1 Å². The average molecular weight is 275 g/mol. The Balaban J connectivity index is 2.41. The molecule has 0 fully saturated rings. The molecule has 5 nitrogen and oxygen atoms in total. The molecule has 2 aromatic heterocycles. The van der Waals surface area contributed by atoms with Gasteiger partial charge >= 0.3 is 6.55 Å². The van der Waals surface area contributed by atoms with Gasteiger partial charge in [-0.2, -0.15) is 8.78 Å². The molecule has 2 aromatic rings. The van der Waals surface area contributed by atoms with Crippen LogP contribution in [0.25, 0.3) is 0 Å². The van der Waals surface area contributed by atoms with Crippen LogP contribution in [0.3, 0.4) is 0 Å². The van der Waals surface area contributed by atoms with E-state index in [1.165, 1.54) is 10.8 Å². The van der Waals surface area contributed by atoms with Crippen LogP contribution < -0.4 is 5.56 Å². The third kappa shape index (κ3) is 2.40. The number of alkyl halides is 2. The van der Waals surface area contributed by atoms with Crippen LogP contribution in [0.5, 0.6) is 0 Å². The van der Waals surface area contributed by atoms with Crippen molar-refractivity contribution in [1.29, 1.82) is 0 Å². The first-order valence-electron chi connectivity index (χ1n) is 5.03. The lowest BCUT2D eigenvalue weighted by Crippen LogP contribution is -2.25. The second-order valence-electron chi connectivity index (χ2n) is 3.58. The van der Waals surface area contributed by atoms with E-state index < -0.39 is 12.1 Å². The largest absolute Gasteiger partial charge is 0.319 e. The Bertz CT molecular complexity index is 623. The second-order valence-corrected chi connectivity index (χ2v) is 3.97. The van der Waals surface area contributed by atoms with E-state index >= 15 is 0 Å². The summed E-state index contributed by atoms with van der Waals surface area (Å²) < 4.78 is 27.2. The molecule has 0 aliphatic rings. The predicted molar refractivity (Wildman–Crippen MR) is 60.8 cm³/mol. The summed E-state index contributed by atoms with van der Waals surface area (Å²) in [6, 6.07) is 1.13. The molecule has 0 saturated heterocycles. The molecule has 0 aliphatic heterocycles. The van der Waals surface area contributed by atoms with Gasteiger partial charge in [-0.05, 0) is 6.92 Å².